The molecule has 1 aliphatic rings. The summed E-state index contributed by atoms with van der Waals surface area (Å²) >= 11 is 0. The molecule has 0 unspecified atom stereocenters. The molecule has 0 atom stereocenters. The summed E-state index contributed by atoms with van der Waals surface area (Å²) in [7, 11) is 0. The normalized spacial score (nSPS) is 12.7. The molecule has 5 heteroatoms. The number of fused-ring (bicyclic) bond motifs is 3. The first-order chi connectivity index (χ1) is 13.9. The standard InChI is InChI=1S/C23H15N3O2/c1-2-5-19-16(4-1)11-20(26(19)23-24-8-3-9-25-23)17-7-6-15-12-21-22(28-14-27-21)13-18(15)10-17/h1-13H,14H2. The SMILES string of the molecule is c1cnc(-n2c(-c3ccc4cc5c(cc4c3)OCO5)cc3ccccc32)nc1. The Bertz CT molecular complexity index is 1340. The zero-order chi connectivity index (χ0) is 18.5. The summed E-state index contributed by atoms with van der Waals surface area (Å²) in [5.74, 6) is 2.24. The second-order valence-electron chi connectivity index (χ2n) is 6.74. The Balaban J connectivity index is 1.61. The van der Waals surface area contributed by atoms with Crippen molar-refractivity contribution in [1.82, 2.24) is 14.5 Å². The molecule has 5 aromatic rings. The Morgan fingerprint density at radius 1 is 0.714 bits per heavy atom. The third-order valence-electron chi connectivity index (χ3n) is 5.09. The first kappa shape index (κ1) is 15.2. The molecule has 28 heavy (non-hydrogen) atoms. The molecule has 0 amide bonds. The zero-order valence-corrected chi connectivity index (χ0v) is 14.9. The average Bonchev–Trinajstić information content (AvgIpc) is 3.36. The molecule has 0 fully saturated rings. The summed E-state index contributed by atoms with van der Waals surface area (Å²) in [6.45, 7) is 0.276. The number of rotatable bonds is 2. The van der Waals surface area contributed by atoms with Gasteiger partial charge >= 0.3 is 0 Å². The highest BCUT2D eigenvalue weighted by Gasteiger charge is 2.17. The maximum Gasteiger partial charge on any atom is 0.234 e. The molecule has 3 heterocycles. The summed E-state index contributed by atoms with van der Waals surface area (Å²) in [6, 6.07) is 22.8. The highest BCUT2D eigenvalue weighted by molar-refractivity contribution is 5.93. The Kier molecular flexibility index (Phi) is 3.17. The molecular weight excluding hydrogens is 350 g/mol. The summed E-state index contributed by atoms with van der Waals surface area (Å²) < 4.78 is 13.1. The van der Waals surface area contributed by atoms with Crippen molar-refractivity contribution >= 4 is 21.7 Å². The van der Waals surface area contributed by atoms with Gasteiger partial charge in [-0.25, -0.2) is 9.97 Å². The van der Waals surface area contributed by atoms with Crippen molar-refractivity contribution in [3.63, 3.8) is 0 Å². The zero-order valence-electron chi connectivity index (χ0n) is 14.9. The van der Waals surface area contributed by atoms with Crippen LogP contribution in [0.1, 0.15) is 0 Å². The number of benzene rings is 3. The molecule has 0 aliphatic carbocycles. The third-order valence-corrected chi connectivity index (χ3v) is 5.09. The Morgan fingerprint density at radius 2 is 1.50 bits per heavy atom. The molecule has 0 saturated heterocycles. The molecule has 134 valence electrons. The van der Waals surface area contributed by atoms with E-state index < -0.39 is 0 Å². The highest BCUT2D eigenvalue weighted by Crippen LogP contribution is 2.38. The van der Waals surface area contributed by atoms with E-state index in [9.17, 15) is 0 Å². The van der Waals surface area contributed by atoms with Crippen LogP contribution in [-0.2, 0) is 0 Å². The van der Waals surface area contributed by atoms with Crippen LogP contribution in [0.3, 0.4) is 0 Å². The first-order valence-electron chi connectivity index (χ1n) is 9.08. The third kappa shape index (κ3) is 2.26. The van der Waals surface area contributed by atoms with E-state index in [1.807, 2.05) is 30.3 Å². The van der Waals surface area contributed by atoms with Crippen LogP contribution in [0.15, 0.2) is 79.1 Å². The fourth-order valence-corrected chi connectivity index (χ4v) is 3.79. The molecule has 6 rings (SSSR count). The molecule has 2 aromatic heterocycles. The van der Waals surface area contributed by atoms with Gasteiger partial charge < -0.3 is 9.47 Å². The second-order valence-corrected chi connectivity index (χ2v) is 6.74. The highest BCUT2D eigenvalue weighted by atomic mass is 16.7. The second kappa shape index (κ2) is 5.82. The number of ether oxygens (including phenoxy) is 2. The predicted octanol–water partition coefficient (Wildman–Crippen LogP) is 4.97. The van der Waals surface area contributed by atoms with Crippen molar-refractivity contribution in [3.8, 4) is 28.7 Å². The Labute approximate surface area is 160 Å². The fourth-order valence-electron chi connectivity index (χ4n) is 3.79. The number of hydrogen-bond donors (Lipinski definition) is 0. The predicted molar refractivity (Wildman–Crippen MR) is 108 cm³/mol. The van der Waals surface area contributed by atoms with Crippen molar-refractivity contribution in [2.75, 3.05) is 6.79 Å². The first-order valence-corrected chi connectivity index (χ1v) is 9.08. The average molecular weight is 365 g/mol. The monoisotopic (exact) mass is 365 g/mol. The van der Waals surface area contributed by atoms with E-state index >= 15 is 0 Å². The molecule has 0 bridgehead atoms. The lowest BCUT2D eigenvalue weighted by molar-refractivity contribution is 0.174. The van der Waals surface area contributed by atoms with Gasteiger partial charge in [0.15, 0.2) is 11.5 Å². The van der Waals surface area contributed by atoms with Gasteiger partial charge in [0.25, 0.3) is 0 Å². The van der Waals surface area contributed by atoms with E-state index in [-0.39, 0.29) is 6.79 Å². The largest absolute Gasteiger partial charge is 0.454 e. The minimum absolute atomic E-state index is 0.276. The van der Waals surface area contributed by atoms with E-state index in [2.05, 4.69) is 50.9 Å². The van der Waals surface area contributed by atoms with Crippen LogP contribution in [-0.4, -0.2) is 21.3 Å². The van der Waals surface area contributed by atoms with Gasteiger partial charge in [0, 0.05) is 17.8 Å². The van der Waals surface area contributed by atoms with Gasteiger partial charge in [-0.2, -0.15) is 0 Å². The molecular formula is C23H15N3O2. The lowest BCUT2D eigenvalue weighted by Crippen LogP contribution is -2.01. The summed E-state index contributed by atoms with van der Waals surface area (Å²) in [5.41, 5.74) is 3.22. The topological polar surface area (TPSA) is 49.2 Å². The number of aromatic nitrogens is 3. The van der Waals surface area contributed by atoms with Gasteiger partial charge in [-0.3, -0.25) is 4.57 Å². The van der Waals surface area contributed by atoms with Crippen LogP contribution in [0.5, 0.6) is 11.5 Å². The maximum atomic E-state index is 5.55. The molecule has 3 aromatic carbocycles. The van der Waals surface area contributed by atoms with E-state index in [0.29, 0.717) is 5.95 Å². The Morgan fingerprint density at radius 3 is 2.36 bits per heavy atom. The summed E-state index contributed by atoms with van der Waals surface area (Å²) in [5, 5.41) is 3.37. The summed E-state index contributed by atoms with van der Waals surface area (Å²) in [4.78, 5) is 8.96. The summed E-state index contributed by atoms with van der Waals surface area (Å²) in [6.07, 6.45) is 3.53. The molecule has 0 radical (unpaired) electrons. The van der Waals surface area contributed by atoms with Crippen molar-refractivity contribution in [3.05, 3.63) is 79.1 Å². The van der Waals surface area contributed by atoms with Gasteiger partial charge in [0.1, 0.15) is 0 Å². The van der Waals surface area contributed by atoms with Gasteiger partial charge in [0.2, 0.25) is 12.7 Å². The molecule has 0 N–H and O–H groups in total. The van der Waals surface area contributed by atoms with Crippen molar-refractivity contribution < 1.29 is 9.47 Å². The number of nitrogens with zero attached hydrogens (tertiary/aromatic N) is 3. The minimum Gasteiger partial charge on any atom is -0.454 e. The van der Waals surface area contributed by atoms with Crippen LogP contribution in [0.25, 0.3) is 38.9 Å². The number of para-hydroxylation sites is 1. The van der Waals surface area contributed by atoms with Crippen LogP contribution in [0.4, 0.5) is 0 Å². The van der Waals surface area contributed by atoms with E-state index in [1.165, 1.54) is 0 Å². The molecule has 0 saturated carbocycles. The molecule has 5 nitrogen and oxygen atoms in total. The van der Waals surface area contributed by atoms with E-state index in [0.717, 1.165) is 44.4 Å². The van der Waals surface area contributed by atoms with Gasteiger partial charge in [0.05, 0.1) is 11.2 Å². The molecule has 0 spiro atoms. The smallest absolute Gasteiger partial charge is 0.234 e. The van der Waals surface area contributed by atoms with Crippen LogP contribution in [0.2, 0.25) is 0 Å². The minimum atomic E-state index is 0.276. The van der Waals surface area contributed by atoms with Crippen LogP contribution in [0, 0.1) is 0 Å². The van der Waals surface area contributed by atoms with Gasteiger partial charge in [-0.15, -0.1) is 0 Å². The van der Waals surface area contributed by atoms with Crippen molar-refractivity contribution in [2.24, 2.45) is 0 Å². The van der Waals surface area contributed by atoms with Crippen molar-refractivity contribution in [2.45, 2.75) is 0 Å². The lowest BCUT2D eigenvalue weighted by Gasteiger charge is -2.10. The van der Waals surface area contributed by atoms with Crippen LogP contribution >= 0.6 is 0 Å². The van der Waals surface area contributed by atoms with E-state index in [1.54, 1.807) is 12.4 Å². The fraction of sp³-hybridized carbons (Fsp3) is 0.0435. The Hall–Kier alpha value is -3.86. The molecule has 1 aliphatic heterocycles. The quantitative estimate of drug-likeness (QED) is 0.443. The van der Waals surface area contributed by atoms with E-state index in [4.69, 9.17) is 9.47 Å². The van der Waals surface area contributed by atoms with Gasteiger partial charge in [-0.1, -0.05) is 30.3 Å². The van der Waals surface area contributed by atoms with Crippen molar-refractivity contribution in [1.29, 1.82) is 0 Å². The maximum absolute atomic E-state index is 5.55. The van der Waals surface area contributed by atoms with Crippen LogP contribution < -0.4 is 9.47 Å². The number of hydrogen-bond acceptors (Lipinski definition) is 4. The van der Waals surface area contributed by atoms with Gasteiger partial charge in [-0.05, 0) is 52.7 Å². The lowest BCUT2D eigenvalue weighted by atomic mass is 10.0.